The van der Waals surface area contributed by atoms with Gasteiger partial charge in [0.1, 0.15) is 74.8 Å². The number of aromatic nitrogens is 8. The molecule has 12 aromatic rings. The Labute approximate surface area is 770 Å². The number of aliphatic hydroxyl groups excluding tert-OH is 5. The summed E-state index contributed by atoms with van der Waals surface area (Å²) in [5, 5.41) is 110. The first kappa shape index (κ1) is 104. The van der Waals surface area contributed by atoms with Crippen molar-refractivity contribution in [3.05, 3.63) is 259 Å². The molecule has 0 bridgehead atoms. The summed E-state index contributed by atoms with van der Waals surface area (Å²) in [6.07, 6.45) is 8.29. The molecule has 0 aliphatic rings. The number of ether oxygens (including phenoxy) is 2. The molecule has 0 saturated carbocycles. The number of aliphatic hydroxyl groups is 5. The number of fused-ring (bicyclic) bond motifs is 4. The first-order valence-electron chi connectivity index (χ1n) is 42.4. The van der Waals surface area contributed by atoms with Crippen molar-refractivity contribution >= 4 is 90.9 Å². The van der Waals surface area contributed by atoms with Gasteiger partial charge < -0.3 is 103 Å². The maximum Gasteiger partial charge on any atom is 0.274 e. The molecule has 0 saturated heterocycles. The summed E-state index contributed by atoms with van der Waals surface area (Å²) in [4.78, 5) is 138. The van der Waals surface area contributed by atoms with Crippen molar-refractivity contribution in [2.24, 2.45) is 0 Å². The molecule has 714 valence electrons. The smallest absolute Gasteiger partial charge is 0.274 e. The second-order valence-corrected chi connectivity index (χ2v) is 31.2. The van der Waals surface area contributed by atoms with E-state index in [2.05, 4.69) is 82.4 Å². The fourth-order valence-electron chi connectivity index (χ4n) is 13.0. The molecule has 4 atom stereocenters. The third-order valence-electron chi connectivity index (χ3n) is 19.9. The van der Waals surface area contributed by atoms with Crippen LogP contribution in [-0.2, 0) is 35.2 Å². The Morgan fingerprint density at radius 2 is 0.600 bits per heavy atom. The van der Waals surface area contributed by atoms with Crippen LogP contribution in [0.15, 0.2) is 146 Å². The van der Waals surface area contributed by atoms with Crippen molar-refractivity contribution in [2.45, 2.75) is 84.0 Å². The Kier molecular flexibility index (Phi) is 39.2. The van der Waals surface area contributed by atoms with Gasteiger partial charge in [-0.3, -0.25) is 58.3 Å². The van der Waals surface area contributed by atoms with Crippen molar-refractivity contribution in [2.75, 3.05) is 113 Å². The number of carbonyl (C=O) groups is 8. The zero-order chi connectivity index (χ0) is 98.1. The SMILES string of the molecule is CC(CO)NC(=O)c1nc(C(=O)NCCCN(C)C)c2cc(Cc3ccc(F)cc3)cnc2c1O.CC(CO)NC(=O)c1nc(C(=O)NCCF)c2cc(Cc3ccc(F)cc3)cnc2c1O.CC(CO)NC(=O)c1nc(C(=O)NCCOCCO)c2cc(Cc3ccc(F)cc3)cnc2c1O.COCCNC(=O)c1nc(C(=O)NC(C)CO)c(O)c2ncc(Cc3ccc(F)cc3)cc12. The lowest BCUT2D eigenvalue weighted by molar-refractivity contribution is 0.0834. The summed E-state index contributed by atoms with van der Waals surface area (Å²) in [6, 6.07) is 28.0. The fourth-order valence-corrected chi connectivity index (χ4v) is 13.0. The molecule has 41 heteroatoms. The van der Waals surface area contributed by atoms with Crippen molar-refractivity contribution in [3.8, 4) is 23.0 Å². The monoisotopic (exact) mass is 1870 g/mol. The van der Waals surface area contributed by atoms with Gasteiger partial charge in [0.2, 0.25) is 0 Å². The second-order valence-electron chi connectivity index (χ2n) is 31.2. The number of halogens is 5. The van der Waals surface area contributed by atoms with E-state index in [1.54, 1.807) is 100 Å². The number of hydrogen-bond acceptors (Lipinski definition) is 28. The Morgan fingerprint density at radius 3 is 0.837 bits per heavy atom. The number of nitrogens with zero attached hydrogens (tertiary/aromatic N) is 9. The predicted molar refractivity (Wildman–Crippen MR) is 486 cm³/mol. The molecule has 4 unspecified atom stereocenters. The maximum atomic E-state index is 13.3. The summed E-state index contributed by atoms with van der Waals surface area (Å²) < 4.78 is 75.5. The van der Waals surface area contributed by atoms with Crippen LogP contribution in [0.3, 0.4) is 0 Å². The van der Waals surface area contributed by atoms with Gasteiger partial charge in [0, 0.05) is 104 Å². The van der Waals surface area contributed by atoms with Gasteiger partial charge in [-0.2, -0.15) is 0 Å². The van der Waals surface area contributed by atoms with E-state index in [9.17, 15) is 96.1 Å². The van der Waals surface area contributed by atoms with Crippen molar-refractivity contribution in [1.82, 2.24) is 87.3 Å². The van der Waals surface area contributed by atoms with Crippen LogP contribution in [0.25, 0.3) is 43.6 Å². The van der Waals surface area contributed by atoms with Crippen LogP contribution in [0.1, 0.15) is 163 Å². The molecule has 8 amide bonds. The van der Waals surface area contributed by atoms with Crippen LogP contribution < -0.4 is 42.5 Å². The van der Waals surface area contributed by atoms with Crippen LogP contribution in [0, 0.1) is 23.3 Å². The molecule has 0 aliphatic heterocycles. The number of methoxy groups -OCH3 is 1. The Bertz CT molecular complexity index is 6160. The molecule has 135 heavy (non-hydrogen) atoms. The summed E-state index contributed by atoms with van der Waals surface area (Å²) in [5.41, 5.74) is 4.04. The van der Waals surface area contributed by atoms with Crippen molar-refractivity contribution in [1.29, 1.82) is 0 Å². The first-order valence-corrected chi connectivity index (χ1v) is 42.4. The summed E-state index contributed by atoms with van der Waals surface area (Å²) >= 11 is 0. The molecule has 8 heterocycles. The van der Waals surface area contributed by atoms with E-state index in [1.807, 2.05) is 19.0 Å². The average molecular weight is 1870 g/mol. The summed E-state index contributed by atoms with van der Waals surface area (Å²) in [5.74, 6) is -8.86. The topological polar surface area (TPSA) is 540 Å². The highest BCUT2D eigenvalue weighted by molar-refractivity contribution is 6.13. The van der Waals surface area contributed by atoms with Gasteiger partial charge in [-0.05, 0) is 198 Å². The minimum absolute atomic E-state index is 0.00587. The standard InChI is InChI=1S/C25H30FN5O4.C24H27FN4O6.C23H25FN4O5.C22H22F2N4O4/c1-15(14-32)29-25(35)22-23(33)20-19(21(30-22)24(34)27-9-4-10-31(2)3)12-17(13-28-20)11-16-5-7-18(26)8-6-16;1-14(13-31)28-24(34)21-22(32)19-18(20(29-21)23(33)26-6-8-35-9-7-30)11-16(12-27-19)10-15-2-4-17(25)5-3-15;1-13(12-29)27-23(32)20-21(30)18-17(19(28-20)22(31)25-7-8-33-2)10-15(11-26-18)9-14-3-5-16(24)6-4-14;1-12(11-29)27-22(32)19-20(30)17-16(18(28-19)21(31)25-7-6-23)9-14(10-26-17)8-13-2-4-15(24)5-3-13/h5-8,12-13,15,32-33H,4,9-11,14H2,1-3H3,(H,27,34)(H,29,35);2-5,11-12,14,30-32H,6-10,13H2,1H3,(H,26,33)(H,28,34);3-6,10-11,13,29-30H,7-9,12H2,1-2H3,(H,25,31)(H,27,32);2-5,9-10,12,29-30H,6-8,11H2,1H3,(H,25,31)(H,27,32). The minimum atomic E-state index is -0.803. The van der Waals surface area contributed by atoms with E-state index in [4.69, 9.17) is 19.7 Å². The molecule has 17 N–H and O–H groups in total. The number of amides is 8. The van der Waals surface area contributed by atoms with Gasteiger partial charge in [0.25, 0.3) is 47.3 Å². The number of benzene rings is 4. The Hall–Kier alpha value is -14.6. The third-order valence-corrected chi connectivity index (χ3v) is 19.9. The van der Waals surface area contributed by atoms with Crippen molar-refractivity contribution < 1.29 is 116 Å². The van der Waals surface area contributed by atoms with E-state index < -0.39 is 112 Å². The van der Waals surface area contributed by atoms with Crippen LogP contribution in [-0.4, -0.2) is 276 Å². The zero-order valence-electron chi connectivity index (χ0n) is 74.6. The van der Waals surface area contributed by atoms with E-state index in [-0.39, 0.29) is 168 Å². The molecule has 0 fully saturated rings. The van der Waals surface area contributed by atoms with Crippen LogP contribution in [0.4, 0.5) is 22.0 Å². The van der Waals surface area contributed by atoms with Crippen LogP contribution in [0.5, 0.6) is 23.0 Å². The molecule has 0 aliphatic carbocycles. The van der Waals surface area contributed by atoms with Gasteiger partial charge in [-0.1, -0.05) is 48.5 Å². The first-order chi connectivity index (χ1) is 64.7. The normalized spacial score (nSPS) is 11.9. The lowest BCUT2D eigenvalue weighted by Gasteiger charge is -2.15. The number of aromatic hydroxyl groups is 4. The predicted octanol–water partition coefficient (Wildman–Crippen LogP) is 6.20. The number of alkyl halides is 1. The summed E-state index contributed by atoms with van der Waals surface area (Å²) in [6.45, 7) is 5.86. The number of rotatable bonds is 38. The van der Waals surface area contributed by atoms with Gasteiger partial charge >= 0.3 is 0 Å². The van der Waals surface area contributed by atoms with Gasteiger partial charge in [-0.15, -0.1) is 0 Å². The molecular weight excluding hydrogens is 1770 g/mol. The van der Waals surface area contributed by atoms with Gasteiger partial charge in [-0.25, -0.2) is 41.9 Å². The quantitative estimate of drug-likeness (QED) is 0.0151. The fraction of sp³-hybridized carbons (Fsp3) is 0.319. The van der Waals surface area contributed by atoms with Crippen LogP contribution in [0.2, 0.25) is 0 Å². The van der Waals surface area contributed by atoms with Crippen molar-refractivity contribution in [3.63, 3.8) is 0 Å². The highest BCUT2D eigenvalue weighted by atomic mass is 19.1. The largest absolute Gasteiger partial charge is 0.504 e. The molecule has 4 aromatic carbocycles. The van der Waals surface area contributed by atoms with E-state index in [0.717, 1.165) is 34.4 Å². The number of pyridine rings is 8. The lowest BCUT2D eigenvalue weighted by atomic mass is 10.0. The average Bonchev–Trinajstić information content (AvgIpc) is 0.781. The molecule has 0 radical (unpaired) electrons. The minimum Gasteiger partial charge on any atom is -0.504 e. The van der Waals surface area contributed by atoms with E-state index >= 15 is 0 Å². The maximum absolute atomic E-state index is 13.3. The van der Waals surface area contributed by atoms with Crippen LogP contribution >= 0.6 is 0 Å². The molecule has 8 aromatic heterocycles. The number of hydrogen-bond donors (Lipinski definition) is 17. The molecule has 36 nitrogen and oxygen atoms in total. The van der Waals surface area contributed by atoms with E-state index in [1.165, 1.54) is 80.4 Å². The molecular formula is C94H104F5N17O19. The lowest BCUT2D eigenvalue weighted by Crippen LogP contribution is -2.36. The Balaban J connectivity index is 0.000000202. The summed E-state index contributed by atoms with van der Waals surface area (Å²) in [7, 11) is 5.36. The second kappa shape index (κ2) is 50.9. The number of nitrogens with one attached hydrogen (secondary N) is 8. The zero-order valence-corrected chi connectivity index (χ0v) is 74.6. The Morgan fingerprint density at radius 1 is 0.348 bits per heavy atom. The number of carbonyl (C=O) groups excluding carboxylic acids is 8. The van der Waals surface area contributed by atoms with Gasteiger partial charge in [0.05, 0.1) is 52.9 Å². The molecule has 0 spiro atoms. The van der Waals surface area contributed by atoms with E-state index in [0.29, 0.717) is 60.7 Å². The molecule has 12 rings (SSSR count). The highest BCUT2D eigenvalue weighted by Crippen LogP contribution is 2.35. The highest BCUT2D eigenvalue weighted by Gasteiger charge is 2.31. The third kappa shape index (κ3) is 29.5. The van der Waals surface area contributed by atoms with Gasteiger partial charge in [0.15, 0.2) is 45.8 Å².